The van der Waals surface area contributed by atoms with E-state index in [9.17, 15) is 39.6 Å². The molecule has 180 valence electrons. The summed E-state index contributed by atoms with van der Waals surface area (Å²) in [6.45, 7) is -0.180. The number of piperidine rings is 1. The van der Waals surface area contributed by atoms with Crippen molar-refractivity contribution in [3.05, 3.63) is 54.1 Å². The van der Waals surface area contributed by atoms with Gasteiger partial charge in [-0.1, -0.05) is 12.1 Å². The number of hydrogen-bond donors (Lipinski definition) is 1. The summed E-state index contributed by atoms with van der Waals surface area (Å²) in [6.07, 6.45) is -9.37. The second-order valence-corrected chi connectivity index (χ2v) is 9.21. The van der Waals surface area contributed by atoms with E-state index in [4.69, 9.17) is 0 Å². The van der Waals surface area contributed by atoms with Crippen molar-refractivity contribution in [3.8, 4) is 5.75 Å². The van der Waals surface area contributed by atoms with Gasteiger partial charge < -0.3 is 10.1 Å². The van der Waals surface area contributed by atoms with Crippen LogP contribution in [0.15, 0.2) is 53.4 Å². The molecule has 1 amide bonds. The van der Waals surface area contributed by atoms with Gasteiger partial charge in [-0.15, -0.1) is 13.2 Å². The molecule has 3 rings (SSSR count). The Morgan fingerprint density at radius 2 is 1.61 bits per heavy atom. The number of hydrogen-bond acceptors (Lipinski definition) is 4. The monoisotopic (exact) mass is 496 g/mol. The molecule has 0 spiro atoms. The quantitative estimate of drug-likeness (QED) is 0.612. The number of rotatable bonds is 5. The number of alkyl halides is 6. The van der Waals surface area contributed by atoms with Crippen molar-refractivity contribution in [1.29, 1.82) is 0 Å². The Morgan fingerprint density at radius 1 is 0.970 bits per heavy atom. The number of sulfonamides is 1. The zero-order valence-corrected chi connectivity index (χ0v) is 17.6. The second kappa shape index (κ2) is 9.21. The first kappa shape index (κ1) is 24.8. The summed E-state index contributed by atoms with van der Waals surface area (Å²) in [5, 5.41) is 2.41. The van der Waals surface area contributed by atoms with E-state index in [1.807, 2.05) is 0 Å². The first-order chi connectivity index (χ1) is 15.3. The third-order valence-electron chi connectivity index (χ3n) is 4.96. The zero-order chi connectivity index (χ0) is 24.4. The first-order valence-electron chi connectivity index (χ1n) is 9.60. The Kier molecular flexibility index (Phi) is 6.93. The highest BCUT2D eigenvalue weighted by Gasteiger charge is 2.35. The third kappa shape index (κ3) is 6.38. The van der Waals surface area contributed by atoms with Crippen LogP contribution in [-0.2, 0) is 21.0 Å². The zero-order valence-electron chi connectivity index (χ0n) is 16.8. The summed E-state index contributed by atoms with van der Waals surface area (Å²) in [6, 6.07) is 8.11. The van der Waals surface area contributed by atoms with Crippen molar-refractivity contribution in [2.24, 2.45) is 5.92 Å². The number of carbonyl (C=O) groups excluding carboxylic acids is 1. The number of anilines is 1. The molecular weight excluding hydrogens is 478 g/mol. The van der Waals surface area contributed by atoms with Gasteiger partial charge in [0.1, 0.15) is 5.75 Å². The fourth-order valence-corrected chi connectivity index (χ4v) is 4.86. The van der Waals surface area contributed by atoms with Crippen LogP contribution in [-0.4, -0.2) is 38.1 Å². The minimum atomic E-state index is -4.98. The lowest BCUT2D eigenvalue weighted by atomic mass is 9.97. The molecule has 1 aliphatic rings. The Bertz CT molecular complexity index is 1110. The molecule has 2 aromatic rings. The Morgan fingerprint density at radius 3 is 2.21 bits per heavy atom. The minimum Gasteiger partial charge on any atom is -0.406 e. The molecule has 0 aromatic heterocycles. The van der Waals surface area contributed by atoms with Gasteiger partial charge in [0.25, 0.3) is 0 Å². The Balaban J connectivity index is 1.63. The maximum Gasteiger partial charge on any atom is 0.573 e. The van der Waals surface area contributed by atoms with Gasteiger partial charge in [-0.05, 0) is 43.2 Å². The number of ether oxygens (including phenoxy) is 1. The SMILES string of the molecule is O=C(Nc1cccc(C(F)(F)F)c1)C1CCN(S(=O)(=O)c2cccc(OC(F)(F)F)c2)CC1. The van der Waals surface area contributed by atoms with Gasteiger partial charge in [0, 0.05) is 30.8 Å². The number of nitrogens with one attached hydrogen (secondary N) is 1. The molecule has 0 aliphatic carbocycles. The van der Waals surface area contributed by atoms with Crippen LogP contribution in [0.5, 0.6) is 5.75 Å². The summed E-state index contributed by atoms with van der Waals surface area (Å²) in [4.78, 5) is 12.1. The van der Waals surface area contributed by atoms with Crippen molar-refractivity contribution < 1.29 is 44.3 Å². The average molecular weight is 496 g/mol. The summed E-state index contributed by atoms with van der Waals surface area (Å²) in [5.41, 5.74) is -0.954. The lowest BCUT2D eigenvalue weighted by molar-refractivity contribution is -0.274. The van der Waals surface area contributed by atoms with E-state index in [1.54, 1.807) is 0 Å². The van der Waals surface area contributed by atoms with Crippen LogP contribution in [0.3, 0.4) is 0 Å². The normalized spacial score (nSPS) is 16.4. The van der Waals surface area contributed by atoms with Crippen LogP contribution in [0.4, 0.5) is 32.0 Å². The van der Waals surface area contributed by atoms with Crippen LogP contribution < -0.4 is 10.1 Å². The molecule has 33 heavy (non-hydrogen) atoms. The van der Waals surface area contributed by atoms with Crippen LogP contribution in [0.25, 0.3) is 0 Å². The van der Waals surface area contributed by atoms with Crippen molar-refractivity contribution in [3.63, 3.8) is 0 Å². The standard InChI is InChI=1S/C20H18F6N2O4S/c21-19(22,23)14-3-1-4-15(11-14)27-18(29)13-7-9-28(10-8-13)33(30,31)17-6-2-5-16(12-17)32-20(24,25)26/h1-6,11-13H,7-10H2,(H,27,29). The van der Waals surface area contributed by atoms with Crippen molar-refractivity contribution in [2.45, 2.75) is 30.3 Å². The van der Waals surface area contributed by atoms with E-state index < -0.39 is 50.6 Å². The highest BCUT2D eigenvalue weighted by Crippen LogP contribution is 2.32. The topological polar surface area (TPSA) is 75.7 Å². The molecule has 0 saturated carbocycles. The molecule has 1 N–H and O–H groups in total. The van der Waals surface area contributed by atoms with Crippen molar-refractivity contribution >= 4 is 21.6 Å². The van der Waals surface area contributed by atoms with Gasteiger partial charge in [0.2, 0.25) is 15.9 Å². The van der Waals surface area contributed by atoms with E-state index in [1.165, 1.54) is 6.07 Å². The number of benzene rings is 2. The second-order valence-electron chi connectivity index (χ2n) is 7.27. The fourth-order valence-electron chi connectivity index (χ4n) is 3.36. The van der Waals surface area contributed by atoms with Crippen LogP contribution in [0, 0.1) is 5.92 Å². The number of amides is 1. The molecule has 0 atom stereocenters. The number of nitrogens with zero attached hydrogens (tertiary/aromatic N) is 1. The lowest BCUT2D eigenvalue weighted by Gasteiger charge is -2.30. The predicted octanol–water partition coefficient (Wildman–Crippen LogP) is 4.64. The number of carbonyl (C=O) groups is 1. The predicted molar refractivity (Wildman–Crippen MR) is 105 cm³/mol. The van der Waals surface area contributed by atoms with E-state index in [0.29, 0.717) is 0 Å². The van der Waals surface area contributed by atoms with Gasteiger partial charge >= 0.3 is 12.5 Å². The molecular formula is C20H18F6N2O4S. The van der Waals surface area contributed by atoms with Crippen LogP contribution >= 0.6 is 0 Å². The van der Waals surface area contributed by atoms with Crippen molar-refractivity contribution in [1.82, 2.24) is 4.31 Å². The molecule has 2 aromatic carbocycles. The maximum absolute atomic E-state index is 12.8. The van der Waals surface area contributed by atoms with Gasteiger partial charge in [-0.3, -0.25) is 4.79 Å². The molecule has 0 radical (unpaired) electrons. The maximum atomic E-state index is 12.8. The molecule has 13 heteroatoms. The highest BCUT2D eigenvalue weighted by atomic mass is 32.2. The van der Waals surface area contributed by atoms with Gasteiger partial charge in [0.05, 0.1) is 10.5 Å². The largest absolute Gasteiger partial charge is 0.573 e. The minimum absolute atomic E-state index is 0.0358. The Labute approximate surface area is 185 Å². The first-order valence-corrected chi connectivity index (χ1v) is 11.0. The third-order valence-corrected chi connectivity index (χ3v) is 6.85. The van der Waals surface area contributed by atoms with Gasteiger partial charge in [0.15, 0.2) is 0 Å². The summed E-state index contributed by atoms with van der Waals surface area (Å²) in [7, 11) is -4.14. The molecule has 1 aliphatic heterocycles. The fraction of sp³-hybridized carbons (Fsp3) is 0.350. The lowest BCUT2D eigenvalue weighted by Crippen LogP contribution is -2.41. The van der Waals surface area contributed by atoms with Crippen LogP contribution in [0.1, 0.15) is 18.4 Å². The molecule has 1 fully saturated rings. The van der Waals surface area contributed by atoms with Gasteiger partial charge in [-0.25, -0.2) is 8.42 Å². The Hall–Kier alpha value is -2.80. The smallest absolute Gasteiger partial charge is 0.406 e. The van der Waals surface area contributed by atoms with Gasteiger partial charge in [-0.2, -0.15) is 17.5 Å². The van der Waals surface area contributed by atoms with Crippen LogP contribution in [0.2, 0.25) is 0 Å². The molecule has 6 nitrogen and oxygen atoms in total. The molecule has 1 heterocycles. The van der Waals surface area contributed by atoms with E-state index in [-0.39, 0.29) is 31.6 Å². The van der Waals surface area contributed by atoms with E-state index in [2.05, 4.69) is 10.1 Å². The van der Waals surface area contributed by atoms with E-state index in [0.717, 1.165) is 46.8 Å². The summed E-state index contributed by atoms with van der Waals surface area (Å²) >= 11 is 0. The molecule has 0 bridgehead atoms. The van der Waals surface area contributed by atoms with E-state index >= 15 is 0 Å². The molecule has 0 unspecified atom stereocenters. The highest BCUT2D eigenvalue weighted by molar-refractivity contribution is 7.89. The molecule has 1 saturated heterocycles. The number of halogens is 6. The summed E-state index contributed by atoms with van der Waals surface area (Å²) < 4.78 is 106. The van der Waals surface area contributed by atoms with Crippen molar-refractivity contribution in [2.75, 3.05) is 18.4 Å². The summed E-state index contributed by atoms with van der Waals surface area (Å²) in [5.74, 6) is -1.88. The average Bonchev–Trinajstić information content (AvgIpc) is 2.72.